The molecule has 1 saturated heterocycles. The quantitative estimate of drug-likeness (QED) is 0.0183. The Bertz CT molecular complexity index is 3410. The van der Waals surface area contributed by atoms with E-state index in [9.17, 15) is 59.1 Å². The minimum atomic E-state index is -5.54. The van der Waals surface area contributed by atoms with Crippen LogP contribution in [0.15, 0.2) is 82.8 Å². The van der Waals surface area contributed by atoms with Gasteiger partial charge in [-0.1, -0.05) is 25.3 Å². The van der Waals surface area contributed by atoms with Crippen molar-refractivity contribution < 1.29 is 81.6 Å². The number of hydrogen-bond acceptors (Lipinski definition) is 17. The zero-order valence-electron chi connectivity index (χ0n) is 43.0. The van der Waals surface area contributed by atoms with Gasteiger partial charge >= 0.3 is 23.2 Å². The average molecular weight is 1170 g/mol. The third-order valence-corrected chi connectivity index (χ3v) is 21.1. The molecule has 0 bridgehead atoms. The van der Waals surface area contributed by atoms with E-state index in [0.717, 1.165) is 22.8 Å². The standard InChI is InChI=1S/C48H64N7O17P3S2/c1-5-53-39-21-19-35(76(63,64)65)27-37(39)47(3)30-48(4)38-28-36(77(66,67)68)20-22-40(38)54(42(48)16-14-15-41(47)53)25-12-9-10-17-43(56)49-24-11-7-6-8-13-26-73(57,58)71-75(61,62)72-74(59,60)69-29-34-18-23-44(70-34)55-32-52-45-33(2)50-31-51-46(45)55/h14-16,19-22,27-28,31-32,34,44H,5-13,17-18,23-26,29-30H2,1-4H3,(H5-,49,56,57,58,59,60,61,62,63,64,65,66,67,68)/t34-,44+,47?,48?/m0/s1. The van der Waals surface area contributed by atoms with Crippen LogP contribution in [0.2, 0.25) is 0 Å². The number of likely N-dealkylation sites (N-methyl/N-ethyl adjacent to an activating group) is 1. The number of allylic oxidation sites excluding steroid dienone is 4. The molecule has 5 N–H and O–H groups in total. The van der Waals surface area contributed by atoms with Crippen LogP contribution in [-0.4, -0.2) is 115 Å². The van der Waals surface area contributed by atoms with Gasteiger partial charge in [0.25, 0.3) is 10.1 Å². The number of unbranched alkanes of at least 4 members (excludes halogenated alkanes) is 6. The molecule has 0 saturated carbocycles. The molecule has 24 nitrogen and oxygen atoms in total. The highest BCUT2D eigenvalue weighted by molar-refractivity contribution is 7.86. The Balaban J connectivity index is 0.751. The smallest absolute Gasteiger partial charge is 0.488 e. The number of nitrogens with zero attached hydrogens (tertiary/aromatic N) is 6. The predicted octanol–water partition coefficient (Wildman–Crippen LogP) is 7.72. The number of carbonyl (C=O) groups excluding carboxylic acids is 1. The lowest BCUT2D eigenvalue weighted by atomic mass is 9.64. The maximum atomic E-state index is 12.8. The van der Waals surface area contributed by atoms with Crippen LogP contribution < -0.4 is 10.2 Å². The predicted molar refractivity (Wildman–Crippen MR) is 280 cm³/mol. The molecule has 3 aliphatic heterocycles. The molecule has 5 unspecified atom stereocenters. The number of benzene rings is 2. The molecule has 2 aromatic carbocycles. The first kappa shape index (κ1) is 58.8. The van der Waals surface area contributed by atoms with Crippen LogP contribution in [0.25, 0.3) is 11.2 Å². The lowest BCUT2D eigenvalue weighted by molar-refractivity contribution is -0.438. The van der Waals surface area contributed by atoms with Gasteiger partial charge in [-0.3, -0.25) is 23.0 Å². The fourth-order valence-electron chi connectivity index (χ4n) is 11.0. The van der Waals surface area contributed by atoms with Crippen LogP contribution in [0.3, 0.4) is 0 Å². The summed E-state index contributed by atoms with van der Waals surface area (Å²) in [6.45, 7) is 8.74. The molecule has 4 aromatic rings. The molecule has 5 heterocycles. The summed E-state index contributed by atoms with van der Waals surface area (Å²) < 4.78 is 133. The summed E-state index contributed by atoms with van der Waals surface area (Å²) >= 11 is 0. The molecule has 4 aliphatic rings. The molecule has 77 heavy (non-hydrogen) atoms. The van der Waals surface area contributed by atoms with Gasteiger partial charge in [-0.15, -0.1) is 0 Å². The summed E-state index contributed by atoms with van der Waals surface area (Å²) in [7, 11) is -24.9. The molecule has 0 spiro atoms. The van der Waals surface area contributed by atoms with Gasteiger partial charge in [0, 0.05) is 60.4 Å². The molecule has 7 atom stereocenters. The summed E-state index contributed by atoms with van der Waals surface area (Å²) in [5.41, 5.74) is 4.73. The highest BCUT2D eigenvalue weighted by atomic mass is 32.2. The van der Waals surface area contributed by atoms with Crippen molar-refractivity contribution in [1.82, 2.24) is 24.8 Å². The van der Waals surface area contributed by atoms with Crippen LogP contribution in [-0.2, 0) is 67.4 Å². The second-order valence-corrected chi connectivity index (χ2v) is 28.0. The fourth-order valence-corrected chi connectivity index (χ4v) is 16.2. The van der Waals surface area contributed by atoms with Crippen molar-refractivity contribution >= 4 is 77.6 Å². The minimum Gasteiger partial charge on any atom is -0.744 e. The molecule has 0 radical (unpaired) electrons. The lowest BCUT2D eigenvalue weighted by Gasteiger charge is -2.37. The van der Waals surface area contributed by atoms with E-state index in [1.165, 1.54) is 30.6 Å². The number of aromatic nitrogens is 4. The number of imidazole rings is 1. The van der Waals surface area contributed by atoms with Gasteiger partial charge in [0.15, 0.2) is 11.4 Å². The second kappa shape index (κ2) is 23.0. The largest absolute Gasteiger partial charge is 0.744 e. The molecule has 2 aromatic heterocycles. The first-order chi connectivity index (χ1) is 36.1. The number of nitrogens with one attached hydrogen (secondary N) is 1. The van der Waals surface area contributed by atoms with E-state index in [1.54, 1.807) is 30.0 Å². The molecular formula is C48H64N7O17P3S2. The highest BCUT2D eigenvalue weighted by Crippen LogP contribution is 2.67. The summed E-state index contributed by atoms with van der Waals surface area (Å²) in [6, 6.07) is 8.94. The second-order valence-electron chi connectivity index (χ2n) is 20.1. The van der Waals surface area contributed by atoms with E-state index in [4.69, 9.17) is 9.26 Å². The Hall–Kier alpha value is -4.36. The summed E-state index contributed by atoms with van der Waals surface area (Å²) in [5, 5.41) is 2.91. The first-order valence-corrected chi connectivity index (χ1v) is 32.9. The van der Waals surface area contributed by atoms with Crippen molar-refractivity contribution in [3.05, 3.63) is 89.8 Å². The normalized spacial score (nSPS) is 24.6. The molecule has 420 valence electrons. The van der Waals surface area contributed by atoms with Crippen molar-refractivity contribution in [1.29, 1.82) is 0 Å². The minimum absolute atomic E-state index is 0.122. The average Bonchev–Trinajstić information content (AvgIpc) is 4.26. The summed E-state index contributed by atoms with van der Waals surface area (Å²) in [5.74, 6) is -0.126. The van der Waals surface area contributed by atoms with E-state index < -0.39 is 79.4 Å². The lowest BCUT2D eigenvalue weighted by Crippen LogP contribution is -2.41. The molecular weight excluding hydrogens is 1100 g/mol. The molecule has 29 heteroatoms. The number of phosphoric acid groups is 2. The van der Waals surface area contributed by atoms with Gasteiger partial charge < -0.3 is 34.2 Å². The van der Waals surface area contributed by atoms with Crippen molar-refractivity contribution in [3.8, 4) is 0 Å². The van der Waals surface area contributed by atoms with Gasteiger partial charge in [0.2, 0.25) is 11.6 Å². The molecule has 1 aliphatic carbocycles. The van der Waals surface area contributed by atoms with E-state index >= 15 is 0 Å². The zero-order valence-corrected chi connectivity index (χ0v) is 47.3. The number of amides is 1. The van der Waals surface area contributed by atoms with Crippen LogP contribution in [0, 0.1) is 6.92 Å². The van der Waals surface area contributed by atoms with Crippen LogP contribution in [0.4, 0.5) is 11.4 Å². The SMILES string of the molecule is CCN1/C2=C/C=C/C3=[N+](CCCCCC(=O)NCCCCCCCP(=O)(O)OP(=O)(O)OP(=O)(O)OC[C@@H]4CC[C@H](n5cnc6c(C)ncnc65)O4)c4ccc(S(=O)(=O)O)cc4C3(C)CC2(C)c2cc(S(=O)(=O)[O-])ccc21. The number of ether oxygens (including phenoxy) is 1. The van der Waals surface area contributed by atoms with Crippen molar-refractivity contribution in [2.24, 2.45) is 0 Å². The third kappa shape index (κ3) is 13.3. The number of hydrogen-bond donors (Lipinski definition) is 5. The molecule has 8 rings (SSSR count). The Kier molecular flexibility index (Phi) is 17.6. The Morgan fingerprint density at radius 1 is 0.896 bits per heavy atom. The van der Waals surface area contributed by atoms with E-state index in [1.807, 2.05) is 39.0 Å². The van der Waals surface area contributed by atoms with E-state index in [0.29, 0.717) is 112 Å². The van der Waals surface area contributed by atoms with Crippen molar-refractivity contribution in [3.63, 3.8) is 0 Å². The van der Waals surface area contributed by atoms with Gasteiger partial charge in [-0.05, 0) is 115 Å². The van der Waals surface area contributed by atoms with Crippen LogP contribution >= 0.6 is 23.2 Å². The van der Waals surface area contributed by atoms with Gasteiger partial charge in [-0.2, -0.15) is 17.3 Å². The van der Waals surface area contributed by atoms with Gasteiger partial charge in [0.05, 0.1) is 46.1 Å². The zero-order chi connectivity index (χ0) is 55.8. The summed E-state index contributed by atoms with van der Waals surface area (Å²) in [4.78, 5) is 57.4. The van der Waals surface area contributed by atoms with Gasteiger partial charge in [0.1, 0.15) is 34.7 Å². The topological polar surface area (TPSA) is 339 Å². The number of fused-ring (bicyclic) bond motifs is 7. The number of phosphoric ester groups is 1. The fraction of sp³-hybridized carbons (Fsp3) is 0.521. The van der Waals surface area contributed by atoms with Crippen molar-refractivity contribution in [2.45, 2.75) is 138 Å². The summed E-state index contributed by atoms with van der Waals surface area (Å²) in [6.07, 6.45) is 13.0. The maximum Gasteiger partial charge on any atom is 0.488 e. The van der Waals surface area contributed by atoms with Crippen molar-refractivity contribution in [2.75, 3.05) is 37.3 Å². The number of anilines is 1. The van der Waals surface area contributed by atoms with Gasteiger partial charge in [-0.25, -0.2) is 36.8 Å². The van der Waals surface area contributed by atoms with E-state index in [2.05, 4.69) is 38.4 Å². The first-order valence-electron chi connectivity index (χ1n) is 25.3. The third-order valence-electron chi connectivity index (χ3n) is 14.6. The van der Waals surface area contributed by atoms with Crippen LogP contribution in [0.1, 0.15) is 121 Å². The highest BCUT2D eigenvalue weighted by Gasteiger charge is 2.56. The Morgan fingerprint density at radius 2 is 1.61 bits per heavy atom. The van der Waals surface area contributed by atoms with Crippen LogP contribution in [0.5, 0.6) is 0 Å². The monoisotopic (exact) mass is 1170 g/mol. The molecule has 1 fully saturated rings. The maximum absolute atomic E-state index is 12.8. The number of rotatable bonds is 25. The number of aryl methyl sites for hydroxylation is 1. The Morgan fingerprint density at radius 3 is 2.35 bits per heavy atom. The number of carbonyl (C=O) groups is 1. The Labute approximate surface area is 446 Å². The molecule has 1 amide bonds. The van der Waals surface area contributed by atoms with E-state index in [-0.39, 0.29) is 28.5 Å².